The molecular weight excluding hydrogens is 264 g/mol. The highest BCUT2D eigenvalue weighted by atomic mass is 16.3. The Morgan fingerprint density at radius 3 is 2.19 bits per heavy atom. The number of ketones is 2. The number of allylic oxidation sites excluding steroid dienone is 1. The van der Waals surface area contributed by atoms with E-state index in [9.17, 15) is 14.7 Å². The minimum atomic E-state index is -1.09. The lowest BCUT2D eigenvalue weighted by atomic mass is 9.85. The number of hydrogen-bond acceptors (Lipinski definition) is 3. The zero-order valence-corrected chi connectivity index (χ0v) is 11.5. The summed E-state index contributed by atoms with van der Waals surface area (Å²) in [6.07, 6.45) is 0.158. The Hall–Kier alpha value is -2.52. The molecule has 3 rings (SSSR count). The van der Waals surface area contributed by atoms with Crippen molar-refractivity contribution in [3.05, 3.63) is 82.4 Å². The maximum absolute atomic E-state index is 12.5. The van der Waals surface area contributed by atoms with Gasteiger partial charge in [0.1, 0.15) is 6.10 Å². The second-order valence-electron chi connectivity index (χ2n) is 5.15. The monoisotopic (exact) mass is 278 g/mol. The van der Waals surface area contributed by atoms with E-state index in [1.54, 1.807) is 36.4 Å². The highest BCUT2D eigenvalue weighted by Crippen LogP contribution is 2.30. The van der Waals surface area contributed by atoms with Crippen molar-refractivity contribution in [2.75, 3.05) is 0 Å². The van der Waals surface area contributed by atoms with Crippen LogP contribution in [0.2, 0.25) is 0 Å². The Labute approximate surface area is 122 Å². The van der Waals surface area contributed by atoms with Crippen molar-refractivity contribution in [1.82, 2.24) is 0 Å². The molecule has 0 spiro atoms. The number of fused-ring (bicyclic) bond motifs is 1. The molecule has 21 heavy (non-hydrogen) atoms. The molecule has 1 atom stereocenters. The lowest BCUT2D eigenvalue weighted by Gasteiger charge is -2.19. The Kier molecular flexibility index (Phi) is 3.28. The van der Waals surface area contributed by atoms with Crippen molar-refractivity contribution in [1.29, 1.82) is 0 Å². The van der Waals surface area contributed by atoms with Gasteiger partial charge in [0.05, 0.1) is 0 Å². The quantitative estimate of drug-likeness (QED) is 0.918. The first kappa shape index (κ1) is 13.5. The molecule has 1 aliphatic carbocycles. The first-order chi connectivity index (χ1) is 10.1. The van der Waals surface area contributed by atoms with Gasteiger partial charge in [-0.15, -0.1) is 0 Å². The number of aryl methyl sites for hydroxylation is 1. The largest absolute Gasteiger partial charge is 0.384 e. The fourth-order valence-corrected chi connectivity index (χ4v) is 2.47. The summed E-state index contributed by atoms with van der Waals surface area (Å²) in [5, 5.41) is 10.4. The van der Waals surface area contributed by atoms with Crippen molar-refractivity contribution in [2.24, 2.45) is 0 Å². The minimum Gasteiger partial charge on any atom is -0.384 e. The number of carbonyl (C=O) groups is 2. The van der Waals surface area contributed by atoms with Crippen LogP contribution >= 0.6 is 0 Å². The summed E-state index contributed by atoms with van der Waals surface area (Å²) in [6, 6.07) is 13.9. The van der Waals surface area contributed by atoms with Crippen LogP contribution in [0.1, 0.15) is 37.9 Å². The lowest BCUT2D eigenvalue weighted by Crippen LogP contribution is -2.21. The Bertz CT molecular complexity index is 754. The lowest BCUT2D eigenvalue weighted by molar-refractivity contribution is 0.0947. The highest BCUT2D eigenvalue weighted by molar-refractivity contribution is 6.24. The van der Waals surface area contributed by atoms with Crippen molar-refractivity contribution in [2.45, 2.75) is 13.0 Å². The highest BCUT2D eigenvalue weighted by Gasteiger charge is 2.29. The van der Waals surface area contributed by atoms with E-state index in [2.05, 4.69) is 0 Å². The van der Waals surface area contributed by atoms with Gasteiger partial charge in [0.15, 0.2) is 11.6 Å². The molecule has 2 aromatic carbocycles. The van der Waals surface area contributed by atoms with E-state index in [1.165, 1.54) is 6.08 Å². The van der Waals surface area contributed by atoms with E-state index >= 15 is 0 Å². The SMILES string of the molecule is Cc1ccc([C@@H](O)C2=CC(=O)c3ccccc3C2=O)cc1. The molecule has 3 nitrogen and oxygen atoms in total. The molecule has 0 radical (unpaired) electrons. The van der Waals surface area contributed by atoms with E-state index in [0.29, 0.717) is 16.7 Å². The molecule has 0 unspecified atom stereocenters. The predicted molar refractivity (Wildman–Crippen MR) is 79.3 cm³/mol. The molecule has 0 heterocycles. The minimum absolute atomic E-state index is 0.127. The summed E-state index contributed by atoms with van der Waals surface area (Å²) in [7, 11) is 0. The second-order valence-corrected chi connectivity index (χ2v) is 5.15. The average molecular weight is 278 g/mol. The van der Waals surface area contributed by atoms with Crippen LogP contribution in [0.5, 0.6) is 0 Å². The number of Topliss-reactive ketones (excluding diaryl/α,β-unsaturated/α-hetero) is 1. The maximum Gasteiger partial charge on any atom is 0.192 e. The third-order valence-corrected chi connectivity index (χ3v) is 3.67. The third kappa shape index (κ3) is 2.32. The molecule has 0 aliphatic heterocycles. The third-order valence-electron chi connectivity index (χ3n) is 3.67. The molecule has 0 saturated carbocycles. The van der Waals surface area contributed by atoms with Gasteiger partial charge in [-0.25, -0.2) is 0 Å². The summed E-state index contributed by atoms with van der Waals surface area (Å²) in [5.74, 6) is -0.537. The molecule has 1 N–H and O–H groups in total. The van der Waals surface area contributed by atoms with Crippen molar-refractivity contribution in [3.8, 4) is 0 Å². The van der Waals surface area contributed by atoms with E-state index in [-0.39, 0.29) is 17.1 Å². The van der Waals surface area contributed by atoms with Gasteiger partial charge in [-0.2, -0.15) is 0 Å². The zero-order chi connectivity index (χ0) is 15.0. The standard InChI is InChI=1S/C18H14O3/c1-11-6-8-12(9-7-11)17(20)15-10-16(19)13-4-2-3-5-14(13)18(15)21/h2-10,17,20H,1H3/t17-/m1/s1. The van der Waals surface area contributed by atoms with Gasteiger partial charge in [-0.3, -0.25) is 9.59 Å². The zero-order valence-electron chi connectivity index (χ0n) is 11.5. The van der Waals surface area contributed by atoms with Crippen LogP contribution in [-0.4, -0.2) is 16.7 Å². The summed E-state index contributed by atoms with van der Waals surface area (Å²) in [6.45, 7) is 1.95. The van der Waals surface area contributed by atoms with Crippen molar-refractivity contribution < 1.29 is 14.7 Å². The van der Waals surface area contributed by atoms with Crippen molar-refractivity contribution >= 4 is 11.6 Å². The maximum atomic E-state index is 12.5. The molecule has 0 amide bonds. The molecule has 3 heteroatoms. The summed E-state index contributed by atoms with van der Waals surface area (Å²) >= 11 is 0. The molecule has 0 saturated heterocycles. The molecule has 0 fully saturated rings. The first-order valence-electron chi connectivity index (χ1n) is 6.72. The number of hydrogen-bond donors (Lipinski definition) is 1. The first-order valence-corrected chi connectivity index (χ1v) is 6.72. The van der Waals surface area contributed by atoms with E-state index in [1.807, 2.05) is 19.1 Å². The number of carbonyl (C=O) groups excluding carboxylic acids is 2. The molecule has 0 bridgehead atoms. The summed E-state index contributed by atoms with van der Waals surface area (Å²) in [5.41, 5.74) is 2.54. The van der Waals surface area contributed by atoms with Gasteiger partial charge in [0, 0.05) is 16.7 Å². The van der Waals surface area contributed by atoms with Crippen molar-refractivity contribution in [3.63, 3.8) is 0 Å². The Morgan fingerprint density at radius 2 is 1.52 bits per heavy atom. The van der Waals surface area contributed by atoms with Gasteiger partial charge in [0.25, 0.3) is 0 Å². The topological polar surface area (TPSA) is 54.4 Å². The smallest absolute Gasteiger partial charge is 0.192 e. The van der Waals surface area contributed by atoms with Crippen LogP contribution < -0.4 is 0 Å². The normalized spacial score (nSPS) is 15.4. The van der Waals surface area contributed by atoms with Gasteiger partial charge in [-0.1, -0.05) is 54.1 Å². The van der Waals surface area contributed by atoms with Gasteiger partial charge >= 0.3 is 0 Å². The van der Waals surface area contributed by atoms with Crippen LogP contribution in [-0.2, 0) is 0 Å². The fourth-order valence-electron chi connectivity index (χ4n) is 2.47. The van der Waals surface area contributed by atoms with Crippen LogP contribution in [0.4, 0.5) is 0 Å². The summed E-state index contributed by atoms with van der Waals surface area (Å²) in [4.78, 5) is 24.6. The number of benzene rings is 2. The number of aliphatic hydroxyl groups excluding tert-OH is 1. The second kappa shape index (κ2) is 5.11. The van der Waals surface area contributed by atoms with E-state index in [4.69, 9.17) is 0 Å². The molecule has 1 aliphatic rings. The molecule has 2 aromatic rings. The molecular formula is C18H14O3. The predicted octanol–water partition coefficient (Wildman–Crippen LogP) is 3.03. The van der Waals surface area contributed by atoms with Gasteiger partial charge in [0.2, 0.25) is 0 Å². The molecule has 0 aromatic heterocycles. The fraction of sp³-hybridized carbons (Fsp3) is 0.111. The van der Waals surface area contributed by atoms with Crippen LogP contribution in [0.3, 0.4) is 0 Å². The van der Waals surface area contributed by atoms with Crippen LogP contribution in [0, 0.1) is 6.92 Å². The van der Waals surface area contributed by atoms with E-state index in [0.717, 1.165) is 5.56 Å². The van der Waals surface area contributed by atoms with Gasteiger partial charge in [-0.05, 0) is 18.6 Å². The van der Waals surface area contributed by atoms with Gasteiger partial charge < -0.3 is 5.11 Å². The van der Waals surface area contributed by atoms with Crippen LogP contribution in [0.15, 0.2) is 60.2 Å². The summed E-state index contributed by atoms with van der Waals surface area (Å²) < 4.78 is 0. The van der Waals surface area contributed by atoms with Crippen LogP contribution in [0.25, 0.3) is 0 Å². The molecule has 104 valence electrons. The number of aliphatic hydroxyl groups is 1. The number of rotatable bonds is 2. The average Bonchev–Trinajstić information content (AvgIpc) is 2.51. The Morgan fingerprint density at radius 1 is 0.905 bits per heavy atom. The van der Waals surface area contributed by atoms with E-state index < -0.39 is 6.10 Å². The Balaban J connectivity index is 2.02.